The van der Waals surface area contributed by atoms with Crippen LogP contribution in [-0.4, -0.2) is 53.0 Å². The van der Waals surface area contributed by atoms with Crippen LogP contribution < -0.4 is 14.2 Å². The van der Waals surface area contributed by atoms with Crippen LogP contribution in [0.3, 0.4) is 0 Å². The Kier molecular flexibility index (Phi) is 19.7. The molecule has 3 N–H and O–H groups in total. The standard InChI is InChI=1S/3C8H6Cl2O3.Sm/c3*9-5-1-2-7(6(10)3-5)13-4-8(11)12;/h3*1-3H,4H2,(H,11,12);. The third kappa shape index (κ3) is 16.7. The molecule has 0 atom stereocenters. The number of hydrogen-bond acceptors (Lipinski definition) is 6. The second kappa shape index (κ2) is 20.4. The zero-order chi connectivity index (χ0) is 29.5. The van der Waals surface area contributed by atoms with Crippen molar-refractivity contribution in [2.24, 2.45) is 0 Å². The Bertz CT molecular complexity index is 1140. The van der Waals surface area contributed by atoms with E-state index >= 15 is 0 Å². The molecule has 0 fully saturated rings. The summed E-state index contributed by atoms with van der Waals surface area (Å²) in [6, 6.07) is 13.7. The minimum Gasteiger partial charge on any atom is -0.480 e. The van der Waals surface area contributed by atoms with E-state index in [2.05, 4.69) is 0 Å². The van der Waals surface area contributed by atoms with Gasteiger partial charge in [-0.15, -0.1) is 0 Å². The molecule has 0 spiro atoms. The fourth-order valence-corrected chi connectivity index (χ4v) is 3.58. The number of carboxylic acids is 3. The van der Waals surface area contributed by atoms with Crippen LogP contribution in [0.15, 0.2) is 54.6 Å². The van der Waals surface area contributed by atoms with Crippen molar-refractivity contribution in [2.75, 3.05) is 19.8 Å². The average molecular weight is 813 g/mol. The van der Waals surface area contributed by atoms with E-state index in [0.29, 0.717) is 47.4 Å². The largest absolute Gasteiger partial charge is 0.480 e. The van der Waals surface area contributed by atoms with Gasteiger partial charge in [0.05, 0.1) is 15.1 Å². The van der Waals surface area contributed by atoms with E-state index in [1.807, 2.05) is 0 Å². The molecule has 216 valence electrons. The zero-order valence-electron chi connectivity index (χ0n) is 19.8. The molecule has 0 saturated heterocycles. The maximum absolute atomic E-state index is 10.2. The summed E-state index contributed by atoms with van der Waals surface area (Å²) in [5.74, 6) is -2.21. The molecule has 0 aliphatic heterocycles. The van der Waals surface area contributed by atoms with Gasteiger partial charge in [-0.2, -0.15) is 0 Å². The second-order valence-electron chi connectivity index (χ2n) is 6.77. The Labute approximate surface area is 290 Å². The van der Waals surface area contributed by atoms with Gasteiger partial charge in [-0.05, 0) is 54.6 Å². The van der Waals surface area contributed by atoms with E-state index in [9.17, 15) is 14.4 Å². The molecular weight excluding hydrogens is 795 g/mol. The molecule has 0 unspecified atom stereocenters. The van der Waals surface area contributed by atoms with Crippen LogP contribution in [-0.2, 0) is 14.4 Å². The van der Waals surface area contributed by atoms with Crippen LogP contribution in [0.2, 0.25) is 30.1 Å². The van der Waals surface area contributed by atoms with Crippen molar-refractivity contribution in [3.8, 4) is 17.2 Å². The van der Waals surface area contributed by atoms with Crippen LogP contribution in [0.5, 0.6) is 17.2 Å². The molecule has 0 aromatic heterocycles. The number of carboxylic acid groups (broad SMARTS) is 3. The summed E-state index contributed by atoms with van der Waals surface area (Å²) in [4.78, 5) is 30.5. The molecule has 40 heavy (non-hydrogen) atoms. The van der Waals surface area contributed by atoms with Gasteiger partial charge in [-0.25, -0.2) is 14.4 Å². The molecule has 0 heterocycles. The topological polar surface area (TPSA) is 140 Å². The van der Waals surface area contributed by atoms with Crippen molar-refractivity contribution in [3.63, 3.8) is 0 Å². The van der Waals surface area contributed by atoms with E-state index in [0.717, 1.165) is 0 Å². The number of hydrogen-bond donors (Lipinski definition) is 3. The summed E-state index contributed by atoms with van der Waals surface area (Å²) in [5.41, 5.74) is 0. The van der Waals surface area contributed by atoms with Crippen LogP contribution >= 0.6 is 69.6 Å². The van der Waals surface area contributed by atoms with Gasteiger partial charge in [0.2, 0.25) is 0 Å². The monoisotopic (exact) mass is 812 g/mol. The quantitative estimate of drug-likeness (QED) is 0.202. The first-order valence-corrected chi connectivity index (χ1v) is 12.4. The Morgan fingerprint density at radius 3 is 0.900 bits per heavy atom. The van der Waals surface area contributed by atoms with Gasteiger partial charge in [0.1, 0.15) is 17.2 Å². The van der Waals surface area contributed by atoms with Gasteiger partial charge >= 0.3 is 17.9 Å². The minimum absolute atomic E-state index is 0. The van der Waals surface area contributed by atoms with Crippen LogP contribution in [0.25, 0.3) is 0 Å². The summed E-state index contributed by atoms with van der Waals surface area (Å²) >= 11 is 34.0. The molecule has 0 amide bonds. The van der Waals surface area contributed by atoms with Gasteiger partial charge in [0.15, 0.2) is 19.8 Å². The predicted octanol–water partition coefficient (Wildman–Crippen LogP) is 7.37. The van der Waals surface area contributed by atoms with Gasteiger partial charge in [-0.3, -0.25) is 0 Å². The maximum Gasteiger partial charge on any atom is 0.341 e. The SMILES string of the molecule is O=C(O)COc1ccc(Cl)cc1Cl.O=C(O)COc1ccc(Cl)cc1Cl.O=C(O)COc1ccc(Cl)cc1Cl.[Sm]. The van der Waals surface area contributed by atoms with E-state index in [1.165, 1.54) is 36.4 Å². The molecule has 3 aromatic rings. The number of aliphatic carboxylic acids is 3. The second-order valence-corrected chi connectivity index (χ2v) is 9.30. The van der Waals surface area contributed by atoms with Crippen molar-refractivity contribution in [3.05, 3.63) is 84.7 Å². The van der Waals surface area contributed by atoms with Gasteiger partial charge in [0.25, 0.3) is 0 Å². The number of halogens is 6. The first-order valence-electron chi connectivity index (χ1n) is 10.2. The minimum atomic E-state index is -1.05. The van der Waals surface area contributed by atoms with E-state index < -0.39 is 37.7 Å². The van der Waals surface area contributed by atoms with Crippen LogP contribution in [0.4, 0.5) is 0 Å². The molecule has 0 aliphatic carbocycles. The van der Waals surface area contributed by atoms with Crippen LogP contribution in [0.1, 0.15) is 0 Å². The van der Waals surface area contributed by atoms with Crippen molar-refractivity contribution in [1.82, 2.24) is 0 Å². The van der Waals surface area contributed by atoms with Gasteiger partial charge < -0.3 is 29.5 Å². The van der Waals surface area contributed by atoms with Crippen LogP contribution in [0, 0.1) is 40.4 Å². The summed E-state index contributed by atoms with van der Waals surface area (Å²) in [5, 5.41) is 27.3. The van der Waals surface area contributed by atoms with Gasteiger partial charge in [0, 0.05) is 55.5 Å². The molecule has 3 aromatic carbocycles. The van der Waals surface area contributed by atoms with Crippen molar-refractivity contribution in [1.29, 1.82) is 0 Å². The van der Waals surface area contributed by atoms with Crippen molar-refractivity contribution >= 4 is 87.5 Å². The Balaban J connectivity index is 0.000000563. The van der Waals surface area contributed by atoms with E-state index in [4.69, 9.17) is 99.1 Å². The zero-order valence-corrected chi connectivity index (χ0v) is 26.9. The van der Waals surface area contributed by atoms with E-state index in [-0.39, 0.29) is 40.4 Å². The van der Waals surface area contributed by atoms with E-state index in [1.54, 1.807) is 18.2 Å². The number of ether oxygens (including phenoxy) is 3. The number of rotatable bonds is 9. The summed E-state index contributed by atoms with van der Waals surface area (Å²) in [6.07, 6.45) is 0. The fourth-order valence-electron chi connectivity index (χ4n) is 2.20. The first-order chi connectivity index (χ1) is 18.3. The first kappa shape index (κ1) is 38.5. The molecule has 0 bridgehead atoms. The summed E-state index contributed by atoms with van der Waals surface area (Å²) < 4.78 is 14.6. The molecule has 0 aliphatic rings. The predicted molar refractivity (Wildman–Crippen MR) is 149 cm³/mol. The number of carbonyl (C=O) groups is 3. The summed E-state index contributed by atoms with van der Waals surface area (Å²) in [6.45, 7) is -1.25. The molecule has 0 radical (unpaired) electrons. The molecular formula is C24H18Cl6O9Sm. The average Bonchev–Trinajstić information content (AvgIpc) is 2.83. The fraction of sp³-hybridized carbons (Fsp3) is 0.125. The summed E-state index contributed by atoms with van der Waals surface area (Å²) in [7, 11) is 0. The Morgan fingerprint density at radius 2 is 0.725 bits per heavy atom. The third-order valence-corrected chi connectivity index (χ3v) is 5.33. The normalized spacial score (nSPS) is 9.45. The molecule has 0 saturated carbocycles. The molecule has 3 rings (SSSR count). The maximum atomic E-state index is 10.2. The third-order valence-electron chi connectivity index (χ3n) is 3.74. The Morgan fingerprint density at radius 1 is 0.500 bits per heavy atom. The molecule has 16 heteroatoms. The molecule has 9 nitrogen and oxygen atoms in total. The Hall–Kier alpha value is -1.45. The van der Waals surface area contributed by atoms with Crippen molar-refractivity contribution < 1.29 is 84.3 Å². The van der Waals surface area contributed by atoms with Crippen molar-refractivity contribution in [2.45, 2.75) is 0 Å². The van der Waals surface area contributed by atoms with Gasteiger partial charge in [-0.1, -0.05) is 69.6 Å². The number of benzene rings is 3. The smallest absolute Gasteiger partial charge is 0.341 e.